The molecule has 0 aliphatic carbocycles. The Balaban J connectivity index is 1.44. The number of carbonyl (C=O) groups is 1. The van der Waals surface area contributed by atoms with Gasteiger partial charge >= 0.3 is 0 Å². The van der Waals surface area contributed by atoms with Gasteiger partial charge in [0, 0.05) is 24.5 Å². The van der Waals surface area contributed by atoms with Gasteiger partial charge in [0.25, 0.3) is 5.91 Å². The van der Waals surface area contributed by atoms with Gasteiger partial charge in [-0.15, -0.1) is 11.3 Å². The van der Waals surface area contributed by atoms with Crippen LogP contribution in [0, 0.1) is 6.92 Å². The van der Waals surface area contributed by atoms with Crippen LogP contribution in [-0.4, -0.2) is 33.9 Å². The molecule has 3 aromatic rings. The molecular weight excluding hydrogens is 382 g/mol. The van der Waals surface area contributed by atoms with Crippen LogP contribution >= 0.6 is 22.9 Å². The second-order valence-corrected chi connectivity index (χ2v) is 8.12. The standard InChI is InChI=1S/C20H20ClN3O2S/c1-13-18(27-12-23-13)20(25)24-8-2-3-15(11-24)19-22-10-17(26-19)9-14-4-6-16(21)7-5-14/h4-7,10,12,15H,2-3,8-9,11H2,1H3. The molecule has 2 aromatic heterocycles. The minimum Gasteiger partial charge on any atom is -0.445 e. The van der Waals surface area contributed by atoms with Gasteiger partial charge in [0.15, 0.2) is 5.89 Å². The predicted molar refractivity (Wildman–Crippen MR) is 105 cm³/mol. The number of carbonyl (C=O) groups excluding carboxylic acids is 1. The molecule has 0 radical (unpaired) electrons. The van der Waals surface area contributed by atoms with Gasteiger partial charge in [0.1, 0.15) is 10.6 Å². The molecule has 1 aliphatic heterocycles. The van der Waals surface area contributed by atoms with Crippen LogP contribution < -0.4 is 0 Å². The number of thiazole rings is 1. The Morgan fingerprint density at radius 3 is 2.89 bits per heavy atom. The van der Waals surface area contributed by atoms with Crippen LogP contribution in [0.3, 0.4) is 0 Å². The van der Waals surface area contributed by atoms with Crippen LogP contribution in [0.25, 0.3) is 0 Å². The van der Waals surface area contributed by atoms with E-state index >= 15 is 0 Å². The Labute approximate surface area is 167 Å². The molecule has 0 saturated carbocycles. The summed E-state index contributed by atoms with van der Waals surface area (Å²) < 4.78 is 6.01. The normalized spacial score (nSPS) is 17.3. The Hall–Kier alpha value is -2.18. The average molecular weight is 402 g/mol. The quantitative estimate of drug-likeness (QED) is 0.635. The minimum absolute atomic E-state index is 0.0626. The first-order valence-corrected chi connectivity index (χ1v) is 10.2. The van der Waals surface area contributed by atoms with Crippen LogP contribution in [0.2, 0.25) is 5.02 Å². The van der Waals surface area contributed by atoms with E-state index in [0.717, 1.165) is 52.2 Å². The summed E-state index contributed by atoms with van der Waals surface area (Å²) in [4.78, 5) is 24.1. The molecule has 1 saturated heterocycles. The maximum atomic E-state index is 12.8. The van der Waals surface area contributed by atoms with E-state index in [1.165, 1.54) is 11.3 Å². The number of rotatable bonds is 4. The zero-order chi connectivity index (χ0) is 18.8. The molecule has 0 N–H and O–H groups in total. The Bertz CT molecular complexity index is 935. The molecule has 1 amide bonds. The number of nitrogens with zero attached hydrogens (tertiary/aromatic N) is 3. The summed E-state index contributed by atoms with van der Waals surface area (Å²) in [5.74, 6) is 1.74. The highest BCUT2D eigenvalue weighted by molar-refractivity contribution is 7.11. The third-order valence-corrected chi connectivity index (χ3v) is 6.03. The van der Waals surface area contributed by atoms with E-state index in [4.69, 9.17) is 16.0 Å². The van der Waals surface area contributed by atoms with Gasteiger partial charge < -0.3 is 9.32 Å². The SMILES string of the molecule is Cc1ncsc1C(=O)N1CCCC(c2ncc(Cc3ccc(Cl)cc3)o2)C1. The Morgan fingerprint density at radius 1 is 1.33 bits per heavy atom. The Morgan fingerprint density at radius 2 is 2.15 bits per heavy atom. The predicted octanol–water partition coefficient (Wildman–Crippen LogP) is 4.70. The average Bonchev–Trinajstić information content (AvgIpc) is 3.32. The summed E-state index contributed by atoms with van der Waals surface area (Å²) in [6.07, 6.45) is 4.40. The van der Waals surface area contributed by atoms with Crippen LogP contribution in [0.15, 0.2) is 40.4 Å². The van der Waals surface area contributed by atoms with Gasteiger partial charge in [-0.05, 0) is 37.5 Å². The summed E-state index contributed by atoms with van der Waals surface area (Å²) in [6, 6.07) is 7.73. The number of benzene rings is 1. The molecular formula is C20H20ClN3O2S. The zero-order valence-corrected chi connectivity index (χ0v) is 16.6. The van der Waals surface area contributed by atoms with Gasteiger partial charge in [0.2, 0.25) is 0 Å². The summed E-state index contributed by atoms with van der Waals surface area (Å²) in [7, 11) is 0. The van der Waals surface area contributed by atoms with Crippen molar-refractivity contribution in [1.82, 2.24) is 14.9 Å². The second-order valence-electron chi connectivity index (χ2n) is 6.83. The highest BCUT2D eigenvalue weighted by atomic mass is 35.5. The number of aromatic nitrogens is 2. The summed E-state index contributed by atoms with van der Waals surface area (Å²) in [5, 5.41) is 0.722. The molecule has 3 heterocycles. The third kappa shape index (κ3) is 4.06. The van der Waals surface area contributed by atoms with Crippen molar-refractivity contribution >= 4 is 28.8 Å². The molecule has 27 heavy (non-hydrogen) atoms. The molecule has 1 fully saturated rings. The van der Waals surface area contributed by atoms with Crippen molar-refractivity contribution in [2.24, 2.45) is 0 Å². The van der Waals surface area contributed by atoms with Crippen LogP contribution in [0.1, 0.15) is 51.3 Å². The van der Waals surface area contributed by atoms with E-state index in [-0.39, 0.29) is 11.8 Å². The number of oxazole rings is 1. The van der Waals surface area contributed by atoms with Crippen molar-refractivity contribution < 1.29 is 9.21 Å². The van der Waals surface area contributed by atoms with Gasteiger partial charge in [-0.1, -0.05) is 23.7 Å². The minimum atomic E-state index is 0.0626. The number of piperidine rings is 1. The van der Waals surface area contributed by atoms with Gasteiger partial charge in [-0.25, -0.2) is 9.97 Å². The first-order chi connectivity index (χ1) is 13.1. The highest BCUT2D eigenvalue weighted by Gasteiger charge is 2.29. The lowest BCUT2D eigenvalue weighted by atomic mass is 9.98. The number of aryl methyl sites for hydroxylation is 1. The molecule has 1 aromatic carbocycles. The molecule has 0 bridgehead atoms. The number of likely N-dealkylation sites (tertiary alicyclic amines) is 1. The van der Waals surface area contributed by atoms with E-state index < -0.39 is 0 Å². The summed E-state index contributed by atoms with van der Waals surface area (Å²) in [5.41, 5.74) is 3.65. The van der Waals surface area contributed by atoms with Crippen molar-refractivity contribution in [2.45, 2.75) is 32.1 Å². The molecule has 1 unspecified atom stereocenters. The number of amides is 1. The molecule has 4 rings (SSSR count). The van der Waals surface area contributed by atoms with E-state index in [1.807, 2.05) is 36.1 Å². The van der Waals surface area contributed by atoms with Crippen molar-refractivity contribution in [1.29, 1.82) is 0 Å². The molecule has 7 heteroatoms. The van der Waals surface area contributed by atoms with E-state index in [9.17, 15) is 4.79 Å². The smallest absolute Gasteiger partial charge is 0.265 e. The lowest BCUT2D eigenvalue weighted by molar-refractivity contribution is 0.0702. The second kappa shape index (κ2) is 7.82. The van der Waals surface area contributed by atoms with Crippen molar-refractivity contribution in [3.8, 4) is 0 Å². The fourth-order valence-corrected chi connectivity index (χ4v) is 4.31. The van der Waals surface area contributed by atoms with Crippen molar-refractivity contribution in [3.05, 3.63) is 68.8 Å². The lowest BCUT2D eigenvalue weighted by Gasteiger charge is -2.31. The molecule has 1 aliphatic rings. The summed E-state index contributed by atoms with van der Waals surface area (Å²) >= 11 is 7.34. The summed E-state index contributed by atoms with van der Waals surface area (Å²) in [6.45, 7) is 3.28. The van der Waals surface area contributed by atoms with E-state index in [0.29, 0.717) is 13.0 Å². The van der Waals surface area contributed by atoms with Gasteiger partial charge in [-0.3, -0.25) is 4.79 Å². The van der Waals surface area contributed by atoms with E-state index in [2.05, 4.69) is 9.97 Å². The highest BCUT2D eigenvalue weighted by Crippen LogP contribution is 2.29. The number of hydrogen-bond donors (Lipinski definition) is 0. The van der Waals surface area contributed by atoms with Crippen molar-refractivity contribution in [2.75, 3.05) is 13.1 Å². The van der Waals surface area contributed by atoms with Crippen LogP contribution in [-0.2, 0) is 6.42 Å². The fraction of sp³-hybridized carbons (Fsp3) is 0.350. The molecule has 140 valence electrons. The molecule has 1 atom stereocenters. The molecule has 5 nitrogen and oxygen atoms in total. The maximum absolute atomic E-state index is 12.8. The molecule has 0 spiro atoms. The number of hydrogen-bond acceptors (Lipinski definition) is 5. The largest absolute Gasteiger partial charge is 0.445 e. The Kier molecular flexibility index (Phi) is 5.27. The maximum Gasteiger partial charge on any atom is 0.265 e. The topological polar surface area (TPSA) is 59.2 Å². The van der Waals surface area contributed by atoms with Gasteiger partial charge in [0.05, 0.1) is 23.3 Å². The van der Waals surface area contributed by atoms with Crippen LogP contribution in [0.5, 0.6) is 0 Å². The van der Waals surface area contributed by atoms with E-state index in [1.54, 1.807) is 11.7 Å². The monoisotopic (exact) mass is 401 g/mol. The fourth-order valence-electron chi connectivity index (χ4n) is 3.41. The third-order valence-electron chi connectivity index (χ3n) is 4.86. The van der Waals surface area contributed by atoms with Crippen LogP contribution in [0.4, 0.5) is 0 Å². The zero-order valence-electron chi connectivity index (χ0n) is 15.0. The lowest BCUT2D eigenvalue weighted by Crippen LogP contribution is -2.39. The van der Waals surface area contributed by atoms with Crippen molar-refractivity contribution in [3.63, 3.8) is 0 Å². The first kappa shape index (κ1) is 18.2. The first-order valence-electron chi connectivity index (χ1n) is 8.98. The van der Waals surface area contributed by atoms with Gasteiger partial charge in [-0.2, -0.15) is 0 Å². The number of halogens is 1.